The second-order valence-electron chi connectivity index (χ2n) is 5.97. The molecule has 0 saturated carbocycles. The van der Waals surface area contributed by atoms with E-state index in [-0.39, 0.29) is 18.7 Å². The Kier molecular flexibility index (Phi) is 5.38. The van der Waals surface area contributed by atoms with Crippen LogP contribution >= 0.6 is 15.9 Å². The lowest BCUT2D eigenvalue weighted by Gasteiger charge is -2.25. The van der Waals surface area contributed by atoms with Gasteiger partial charge in [0.25, 0.3) is 0 Å². The predicted octanol–water partition coefficient (Wildman–Crippen LogP) is 3.71. The fourth-order valence-corrected chi connectivity index (χ4v) is 3.36. The summed E-state index contributed by atoms with van der Waals surface area (Å²) in [6.07, 6.45) is 0. The van der Waals surface area contributed by atoms with E-state index in [4.69, 9.17) is 9.47 Å². The Morgan fingerprint density at radius 3 is 2.67 bits per heavy atom. The van der Waals surface area contributed by atoms with Crippen molar-refractivity contribution in [3.05, 3.63) is 57.8 Å². The van der Waals surface area contributed by atoms with Gasteiger partial charge in [0.2, 0.25) is 6.79 Å². The fourth-order valence-electron chi connectivity index (χ4n) is 2.76. The largest absolute Gasteiger partial charge is 0.454 e. The maximum Gasteiger partial charge on any atom is 0.231 e. The second kappa shape index (κ2) is 7.51. The lowest BCUT2D eigenvalue weighted by molar-refractivity contribution is 0.173. The first kappa shape index (κ1) is 17.2. The molecule has 1 heterocycles. The van der Waals surface area contributed by atoms with Crippen LogP contribution in [-0.2, 0) is 6.54 Å². The molecule has 128 valence electrons. The van der Waals surface area contributed by atoms with E-state index in [9.17, 15) is 4.39 Å². The van der Waals surface area contributed by atoms with Crippen LogP contribution in [0.5, 0.6) is 11.5 Å². The lowest BCUT2D eigenvalue weighted by Crippen LogP contribution is -2.30. The molecule has 1 unspecified atom stereocenters. The summed E-state index contributed by atoms with van der Waals surface area (Å²) in [5.41, 5.74) is 2.20. The molecule has 1 aliphatic rings. The molecule has 2 aromatic rings. The molecule has 4 nitrogen and oxygen atoms in total. The number of halogens is 2. The lowest BCUT2D eigenvalue weighted by atomic mass is 10.1. The van der Waals surface area contributed by atoms with Crippen LogP contribution in [0.2, 0.25) is 0 Å². The number of ether oxygens (including phenoxy) is 2. The molecular weight excluding hydrogens is 375 g/mol. The van der Waals surface area contributed by atoms with Crippen LogP contribution in [0, 0.1) is 5.82 Å². The molecule has 6 heteroatoms. The van der Waals surface area contributed by atoms with Crippen molar-refractivity contribution in [1.82, 2.24) is 10.2 Å². The molecule has 3 rings (SSSR count). The Bertz CT molecular complexity index is 707. The molecule has 2 aromatic carbocycles. The first-order valence-electron chi connectivity index (χ1n) is 7.75. The van der Waals surface area contributed by atoms with E-state index < -0.39 is 0 Å². The number of hydrogen-bond acceptors (Lipinski definition) is 4. The van der Waals surface area contributed by atoms with Crippen molar-refractivity contribution in [2.75, 3.05) is 27.4 Å². The van der Waals surface area contributed by atoms with Crippen LogP contribution in [0.15, 0.2) is 40.9 Å². The van der Waals surface area contributed by atoms with E-state index in [0.717, 1.165) is 33.6 Å². The molecule has 1 aliphatic heterocycles. The van der Waals surface area contributed by atoms with Gasteiger partial charge in [0.05, 0.1) is 4.47 Å². The number of benzene rings is 2. The van der Waals surface area contributed by atoms with Gasteiger partial charge in [0, 0.05) is 19.1 Å². The zero-order chi connectivity index (χ0) is 17.1. The van der Waals surface area contributed by atoms with Gasteiger partial charge < -0.3 is 19.7 Å². The summed E-state index contributed by atoms with van der Waals surface area (Å²) in [5.74, 6) is 1.31. The van der Waals surface area contributed by atoms with Crippen LogP contribution < -0.4 is 14.8 Å². The number of likely N-dealkylation sites (N-methyl/N-ethyl adjacent to an activating group) is 1. The standard InChI is InChI=1S/C18H20BrFN2O2/c1-22(2)16(13-3-5-14(20)6-4-13)10-21-9-12-7-15(19)18-17(8-12)23-11-24-18/h3-8,16,21H,9-11H2,1-2H3. The van der Waals surface area contributed by atoms with Crippen molar-refractivity contribution in [2.24, 2.45) is 0 Å². The van der Waals surface area contributed by atoms with Gasteiger partial charge in [-0.1, -0.05) is 12.1 Å². The maximum atomic E-state index is 13.1. The number of nitrogens with zero attached hydrogens (tertiary/aromatic N) is 1. The van der Waals surface area contributed by atoms with Crippen LogP contribution in [0.4, 0.5) is 4.39 Å². The molecule has 1 atom stereocenters. The topological polar surface area (TPSA) is 33.7 Å². The highest BCUT2D eigenvalue weighted by Crippen LogP contribution is 2.39. The summed E-state index contributed by atoms with van der Waals surface area (Å²) in [7, 11) is 4.04. The van der Waals surface area contributed by atoms with E-state index in [0.29, 0.717) is 6.54 Å². The Morgan fingerprint density at radius 2 is 1.96 bits per heavy atom. The quantitative estimate of drug-likeness (QED) is 0.809. The van der Waals surface area contributed by atoms with Crippen molar-refractivity contribution in [1.29, 1.82) is 0 Å². The molecular formula is C18H20BrFN2O2. The highest BCUT2D eigenvalue weighted by Gasteiger charge is 2.18. The van der Waals surface area contributed by atoms with Crippen molar-refractivity contribution in [2.45, 2.75) is 12.6 Å². The summed E-state index contributed by atoms with van der Waals surface area (Å²) < 4.78 is 24.9. The number of hydrogen-bond donors (Lipinski definition) is 1. The first-order valence-corrected chi connectivity index (χ1v) is 8.54. The molecule has 0 spiro atoms. The monoisotopic (exact) mass is 394 g/mol. The number of fused-ring (bicyclic) bond motifs is 1. The number of nitrogens with one attached hydrogen (secondary N) is 1. The van der Waals surface area contributed by atoms with E-state index in [1.165, 1.54) is 12.1 Å². The van der Waals surface area contributed by atoms with Crippen LogP contribution in [0.3, 0.4) is 0 Å². The molecule has 0 aromatic heterocycles. The minimum Gasteiger partial charge on any atom is -0.454 e. The Balaban J connectivity index is 1.64. The van der Waals surface area contributed by atoms with Gasteiger partial charge in [-0.2, -0.15) is 0 Å². The second-order valence-corrected chi connectivity index (χ2v) is 6.83. The molecule has 0 fully saturated rings. The van der Waals surface area contributed by atoms with E-state index >= 15 is 0 Å². The number of rotatable bonds is 6. The smallest absolute Gasteiger partial charge is 0.231 e. The summed E-state index contributed by atoms with van der Waals surface area (Å²) in [6, 6.07) is 10.9. The van der Waals surface area contributed by atoms with Gasteiger partial charge in [0.1, 0.15) is 5.82 Å². The van der Waals surface area contributed by atoms with Crippen LogP contribution in [-0.4, -0.2) is 32.3 Å². The molecule has 0 aliphatic carbocycles. The Morgan fingerprint density at radius 1 is 1.21 bits per heavy atom. The predicted molar refractivity (Wildman–Crippen MR) is 94.8 cm³/mol. The van der Waals surface area contributed by atoms with Gasteiger partial charge in [0.15, 0.2) is 11.5 Å². The third-order valence-corrected chi connectivity index (χ3v) is 4.62. The van der Waals surface area contributed by atoms with Crippen LogP contribution in [0.1, 0.15) is 17.2 Å². The van der Waals surface area contributed by atoms with E-state index in [2.05, 4.69) is 26.1 Å². The molecule has 0 saturated heterocycles. The Hall–Kier alpha value is -1.63. The molecule has 24 heavy (non-hydrogen) atoms. The maximum absolute atomic E-state index is 13.1. The van der Waals surface area contributed by atoms with E-state index in [1.54, 1.807) is 0 Å². The third kappa shape index (κ3) is 3.88. The van der Waals surface area contributed by atoms with Gasteiger partial charge in [-0.3, -0.25) is 0 Å². The minimum absolute atomic E-state index is 0.169. The van der Waals surface area contributed by atoms with Gasteiger partial charge in [-0.25, -0.2) is 4.39 Å². The van der Waals surface area contributed by atoms with Crippen molar-refractivity contribution >= 4 is 15.9 Å². The zero-order valence-electron chi connectivity index (χ0n) is 13.7. The van der Waals surface area contributed by atoms with Crippen LogP contribution in [0.25, 0.3) is 0 Å². The van der Waals surface area contributed by atoms with Gasteiger partial charge in [-0.05, 0) is 65.4 Å². The SMILES string of the molecule is CN(C)C(CNCc1cc(Br)c2c(c1)OCO2)c1ccc(F)cc1. The molecule has 1 N–H and O–H groups in total. The van der Waals surface area contributed by atoms with E-state index in [1.807, 2.05) is 38.4 Å². The normalized spacial score (nSPS) is 14.2. The van der Waals surface area contributed by atoms with Crippen molar-refractivity contribution in [3.8, 4) is 11.5 Å². The zero-order valence-corrected chi connectivity index (χ0v) is 15.3. The average molecular weight is 395 g/mol. The van der Waals surface area contributed by atoms with Gasteiger partial charge >= 0.3 is 0 Å². The highest BCUT2D eigenvalue weighted by molar-refractivity contribution is 9.10. The Labute approximate surface area is 149 Å². The molecule has 0 radical (unpaired) electrons. The third-order valence-electron chi connectivity index (χ3n) is 4.03. The fraction of sp³-hybridized carbons (Fsp3) is 0.333. The summed E-state index contributed by atoms with van der Waals surface area (Å²) >= 11 is 3.51. The highest BCUT2D eigenvalue weighted by atomic mass is 79.9. The van der Waals surface area contributed by atoms with Gasteiger partial charge in [-0.15, -0.1) is 0 Å². The molecule has 0 amide bonds. The summed E-state index contributed by atoms with van der Waals surface area (Å²) in [5, 5.41) is 3.46. The van der Waals surface area contributed by atoms with Crippen molar-refractivity contribution in [3.63, 3.8) is 0 Å². The summed E-state index contributed by atoms with van der Waals surface area (Å²) in [6.45, 7) is 1.73. The average Bonchev–Trinajstić information content (AvgIpc) is 3.01. The summed E-state index contributed by atoms with van der Waals surface area (Å²) in [4.78, 5) is 2.12. The molecule has 0 bridgehead atoms. The van der Waals surface area contributed by atoms with Crippen molar-refractivity contribution < 1.29 is 13.9 Å². The first-order chi connectivity index (χ1) is 11.5. The minimum atomic E-state index is -0.213.